The maximum absolute atomic E-state index is 3.47. The number of allylic oxidation sites excluding steroid dienone is 4. The van der Waals surface area contributed by atoms with Crippen LogP contribution in [0.15, 0.2) is 118 Å². The Morgan fingerprint density at radius 2 is 1.09 bits per heavy atom. The fourth-order valence-electron chi connectivity index (χ4n) is 5.03. The first-order valence-corrected chi connectivity index (χ1v) is 18.0. The van der Waals surface area contributed by atoms with E-state index in [-0.39, 0.29) is 35.6 Å². The molecule has 5 aromatic rings. The van der Waals surface area contributed by atoms with Gasteiger partial charge in [0.2, 0.25) is 0 Å². The molecule has 0 spiro atoms. The standard InChI is InChI=1S/C21H25.C15H12Br2.C5H5.2ClH.Zr/c1-20(2,3)16-9-7-14-11-15-8-10-17(21(4,5)6)13-19(15)18(14)12-16;16-14-8-4-12(5-9-14)2-1-3-13-6-10-15(17)11-7-13;1-2-4-5-3-1;;;/h7-13H,1-6H3;4-11H,2-3H2;1-3H,4H2;2*1H;/q-1;;-1;;;+2/p-2. The van der Waals surface area contributed by atoms with Gasteiger partial charge in [-0.25, -0.2) is 12.2 Å². The molecule has 5 heteroatoms. The van der Waals surface area contributed by atoms with Crippen molar-refractivity contribution in [2.45, 2.75) is 71.6 Å². The van der Waals surface area contributed by atoms with E-state index in [1.165, 1.54) is 68.0 Å². The molecule has 1 aliphatic rings. The molecule has 0 aliphatic heterocycles. The Hall–Kier alpha value is -1.48. The van der Waals surface area contributed by atoms with Crippen LogP contribution in [-0.4, -0.2) is 3.21 Å². The van der Waals surface area contributed by atoms with Crippen molar-refractivity contribution in [2.75, 3.05) is 0 Å². The van der Waals surface area contributed by atoms with Gasteiger partial charge >= 0.3 is 141 Å². The molecule has 0 nitrogen and oxygen atoms in total. The quantitative estimate of drug-likeness (QED) is 0.186. The van der Waals surface area contributed by atoms with E-state index in [1.54, 1.807) is 3.21 Å². The van der Waals surface area contributed by atoms with Gasteiger partial charge in [-0.2, -0.15) is 6.08 Å². The number of hydrogen-bond donors (Lipinski definition) is 0. The molecular weight excluding hydrogens is 814 g/mol. The van der Waals surface area contributed by atoms with Gasteiger partial charge in [-0.05, 0) is 10.8 Å². The first kappa shape index (κ1) is 40.7. The van der Waals surface area contributed by atoms with Crippen molar-refractivity contribution in [1.29, 1.82) is 0 Å². The van der Waals surface area contributed by atoms with E-state index in [0.29, 0.717) is 0 Å². The first-order valence-electron chi connectivity index (χ1n) is 15.2. The van der Waals surface area contributed by atoms with Crippen LogP contribution in [0.25, 0.3) is 21.5 Å². The number of fused-ring (bicyclic) bond motifs is 3. The van der Waals surface area contributed by atoms with Crippen molar-refractivity contribution in [1.82, 2.24) is 0 Å². The van der Waals surface area contributed by atoms with Crippen molar-refractivity contribution in [2.24, 2.45) is 0 Å². The minimum absolute atomic E-state index is 0. The third-order valence-electron chi connectivity index (χ3n) is 7.69. The molecule has 1 aliphatic carbocycles. The molecule has 46 heavy (non-hydrogen) atoms. The predicted octanol–water partition coefficient (Wildman–Crippen LogP) is 6.34. The van der Waals surface area contributed by atoms with Crippen molar-refractivity contribution in [3.05, 3.63) is 146 Å². The van der Waals surface area contributed by atoms with Gasteiger partial charge < -0.3 is 24.8 Å². The number of hydrogen-bond acceptors (Lipinski definition) is 0. The third kappa shape index (κ3) is 12.2. The van der Waals surface area contributed by atoms with E-state index in [2.05, 4.69) is 177 Å². The van der Waals surface area contributed by atoms with E-state index < -0.39 is 0 Å². The molecule has 0 heterocycles. The second-order valence-corrected chi connectivity index (χ2v) is 17.0. The summed E-state index contributed by atoms with van der Waals surface area (Å²) in [4.78, 5) is 0. The van der Waals surface area contributed by atoms with Gasteiger partial charge in [0.1, 0.15) is 0 Å². The van der Waals surface area contributed by atoms with Gasteiger partial charge in [0, 0.05) is 0 Å². The van der Waals surface area contributed by atoms with Crippen LogP contribution in [-0.2, 0) is 47.9 Å². The number of halogens is 4. The molecule has 0 atom stereocenters. The summed E-state index contributed by atoms with van der Waals surface area (Å²) in [5, 5.41) is 5.49. The molecule has 0 fully saturated rings. The topological polar surface area (TPSA) is 0 Å². The summed E-state index contributed by atoms with van der Waals surface area (Å²) in [5.74, 6) is 0. The van der Waals surface area contributed by atoms with Crippen LogP contribution in [0.5, 0.6) is 0 Å². The van der Waals surface area contributed by atoms with Crippen molar-refractivity contribution in [3.63, 3.8) is 0 Å². The van der Waals surface area contributed by atoms with Crippen LogP contribution < -0.4 is 24.8 Å². The first-order chi connectivity index (χ1) is 20.8. The molecule has 5 aromatic carbocycles. The molecule has 240 valence electrons. The smallest absolute Gasteiger partial charge is 0.0145 e. The van der Waals surface area contributed by atoms with Gasteiger partial charge in [-0.1, -0.05) is 76.9 Å². The number of rotatable bonds is 4. The van der Waals surface area contributed by atoms with Crippen LogP contribution in [0.2, 0.25) is 0 Å². The average molecular weight is 857 g/mol. The summed E-state index contributed by atoms with van der Waals surface area (Å²) >= 11 is 8.46. The summed E-state index contributed by atoms with van der Waals surface area (Å²) in [6, 6.07) is 33.3. The minimum Gasteiger partial charge on any atom is -1.00 e. The second kappa shape index (κ2) is 18.3. The minimum atomic E-state index is 0. The largest absolute Gasteiger partial charge is 1.00 e. The van der Waals surface area contributed by atoms with Crippen molar-refractivity contribution in [3.8, 4) is 0 Å². The van der Waals surface area contributed by atoms with E-state index in [0.717, 1.165) is 28.2 Å². The molecule has 6 rings (SSSR count). The Morgan fingerprint density at radius 3 is 1.39 bits per heavy atom. The third-order valence-corrected chi connectivity index (χ3v) is 9.61. The van der Waals surface area contributed by atoms with Crippen LogP contribution in [0.3, 0.4) is 0 Å². The van der Waals surface area contributed by atoms with Crippen LogP contribution in [0.4, 0.5) is 0 Å². The normalized spacial score (nSPS) is 12.0. The van der Waals surface area contributed by atoms with Gasteiger partial charge in [0.05, 0.1) is 0 Å². The number of benzene rings is 4. The van der Waals surface area contributed by atoms with E-state index in [1.807, 2.05) is 12.2 Å². The Labute approximate surface area is 320 Å². The fraction of sp³-hybridized carbons (Fsp3) is 0.268. The Balaban J connectivity index is 0.000000270. The molecule has 0 bridgehead atoms. The zero-order valence-electron chi connectivity index (χ0n) is 27.5. The Kier molecular flexibility index (Phi) is 16.2. The summed E-state index contributed by atoms with van der Waals surface area (Å²) in [6.45, 7) is 13.7. The maximum atomic E-state index is 3.47. The molecule has 0 N–H and O–H groups in total. The Morgan fingerprint density at radius 1 is 0.674 bits per heavy atom. The summed E-state index contributed by atoms with van der Waals surface area (Å²) in [5.41, 5.74) is 5.98. The van der Waals surface area contributed by atoms with Crippen molar-refractivity contribution < 1.29 is 49.0 Å². The zero-order chi connectivity index (χ0) is 31.9. The molecule has 0 unspecified atom stereocenters. The molecule has 0 saturated heterocycles. The Bertz CT molecular complexity index is 1640. The summed E-state index contributed by atoms with van der Waals surface area (Å²) < 4.78 is 3.86. The second-order valence-electron chi connectivity index (χ2n) is 13.5. The SMILES string of the molecule is Brc1ccc(C[C](=[Zr+2])Cc2ccc(Br)cc2)cc1.CC(C)(C)c1ccc2[cH-]c3ccc(C(C)(C)C)cc3c2c1.[C-]1=CC=CC1.[Cl-].[Cl-]. The summed E-state index contributed by atoms with van der Waals surface area (Å²) in [6.07, 6.45) is 12.2. The van der Waals surface area contributed by atoms with Crippen LogP contribution >= 0.6 is 31.9 Å². The van der Waals surface area contributed by atoms with E-state index in [9.17, 15) is 0 Å². The molecule has 0 amide bonds. The molecular formula is C41H42Br2Cl2Zr-2. The van der Waals surface area contributed by atoms with Crippen molar-refractivity contribution >= 4 is 56.6 Å². The van der Waals surface area contributed by atoms with Crippen LogP contribution in [0.1, 0.15) is 70.2 Å². The predicted molar refractivity (Wildman–Crippen MR) is 197 cm³/mol. The zero-order valence-corrected chi connectivity index (χ0v) is 34.7. The van der Waals surface area contributed by atoms with Gasteiger partial charge in [0.25, 0.3) is 0 Å². The maximum Gasteiger partial charge on any atom is -0.0145 e. The van der Waals surface area contributed by atoms with Gasteiger partial charge in [0.15, 0.2) is 0 Å². The fourth-order valence-corrected chi connectivity index (χ4v) is 6.56. The van der Waals surface area contributed by atoms with E-state index >= 15 is 0 Å². The average Bonchev–Trinajstić information content (AvgIpc) is 3.66. The van der Waals surface area contributed by atoms with E-state index in [4.69, 9.17) is 0 Å². The molecule has 0 saturated carbocycles. The molecule has 0 aromatic heterocycles. The summed E-state index contributed by atoms with van der Waals surface area (Å²) in [7, 11) is 0. The monoisotopic (exact) mass is 852 g/mol. The molecule has 0 radical (unpaired) electrons. The van der Waals surface area contributed by atoms with Crippen LogP contribution in [0, 0.1) is 6.08 Å². The van der Waals surface area contributed by atoms with Gasteiger partial charge in [-0.15, -0.1) is 46.2 Å². The van der Waals surface area contributed by atoms with Gasteiger partial charge in [-0.3, -0.25) is 6.08 Å².